The molecule has 6 heteroatoms. The van der Waals surface area contributed by atoms with Crippen LogP contribution in [0.5, 0.6) is 0 Å². The van der Waals surface area contributed by atoms with E-state index in [9.17, 15) is 9.59 Å². The number of nitrogens with zero attached hydrogens (tertiary/aromatic N) is 1. The molecule has 0 aliphatic heterocycles. The Morgan fingerprint density at radius 2 is 1.81 bits per heavy atom. The molecule has 0 bridgehead atoms. The summed E-state index contributed by atoms with van der Waals surface area (Å²) >= 11 is 1.42. The molecule has 0 fully saturated rings. The number of hydrogen-bond acceptors (Lipinski definition) is 6. The van der Waals surface area contributed by atoms with Crippen LogP contribution in [-0.2, 0) is 25.5 Å². The highest BCUT2D eigenvalue weighted by Crippen LogP contribution is 2.35. The molecule has 0 spiro atoms. The maximum absolute atomic E-state index is 12.5. The molecule has 0 aliphatic rings. The maximum Gasteiger partial charge on any atom is 0.323 e. The highest BCUT2D eigenvalue weighted by Gasteiger charge is 2.49. The Balaban J connectivity index is 3.18. The molecule has 5 nitrogen and oxygen atoms in total. The van der Waals surface area contributed by atoms with Gasteiger partial charge in [-0.25, -0.2) is 4.98 Å². The summed E-state index contributed by atoms with van der Waals surface area (Å²) in [6, 6.07) is 0. The second kappa shape index (κ2) is 8.12. The van der Waals surface area contributed by atoms with E-state index in [2.05, 4.69) is 4.98 Å². The van der Waals surface area contributed by atoms with E-state index < -0.39 is 17.4 Å². The van der Waals surface area contributed by atoms with Crippen molar-refractivity contribution in [2.45, 2.75) is 40.5 Å². The summed E-state index contributed by atoms with van der Waals surface area (Å²) in [5, 5.41) is 2.56. The van der Waals surface area contributed by atoms with Gasteiger partial charge in [-0.2, -0.15) is 0 Å². The fourth-order valence-electron chi connectivity index (χ4n) is 2.30. The number of ether oxygens (including phenoxy) is 2. The summed E-state index contributed by atoms with van der Waals surface area (Å²) in [5.74, 6) is -0.890. The van der Waals surface area contributed by atoms with E-state index in [0.29, 0.717) is 6.42 Å². The van der Waals surface area contributed by atoms with Gasteiger partial charge in [0.25, 0.3) is 0 Å². The van der Waals surface area contributed by atoms with Crippen molar-refractivity contribution in [1.29, 1.82) is 0 Å². The molecule has 1 aromatic rings. The van der Waals surface area contributed by atoms with Crippen LogP contribution in [0.15, 0.2) is 11.6 Å². The molecule has 21 heavy (non-hydrogen) atoms. The largest absolute Gasteiger partial charge is 0.465 e. The first-order valence-electron chi connectivity index (χ1n) is 7.19. The molecule has 0 atom stereocenters. The van der Waals surface area contributed by atoms with Crippen molar-refractivity contribution in [2.24, 2.45) is 11.3 Å². The van der Waals surface area contributed by atoms with Crippen molar-refractivity contribution in [2.75, 3.05) is 13.2 Å². The molecule has 118 valence electrons. The third kappa shape index (κ3) is 4.52. The topological polar surface area (TPSA) is 65.5 Å². The molecule has 0 aromatic carbocycles. The molecule has 0 unspecified atom stereocenters. The molecular weight excluding hydrogens is 290 g/mol. The second-order valence-corrected chi connectivity index (χ2v) is 6.20. The standard InChI is InChI=1S/C15H23NO4S/c1-5-19-13(17)15(9-11(3)4,14(18)20-6-2)10-12-16-7-8-21-12/h7-8,11H,5-6,9-10H2,1-4H3. The van der Waals surface area contributed by atoms with Gasteiger partial charge in [0.15, 0.2) is 5.41 Å². The van der Waals surface area contributed by atoms with Crippen LogP contribution in [-0.4, -0.2) is 30.1 Å². The van der Waals surface area contributed by atoms with Crippen LogP contribution in [0.4, 0.5) is 0 Å². The second-order valence-electron chi connectivity index (χ2n) is 5.22. The molecule has 0 saturated heterocycles. The third-order valence-corrected chi connectivity index (χ3v) is 3.81. The number of carbonyl (C=O) groups excluding carboxylic acids is 2. The Morgan fingerprint density at radius 1 is 1.24 bits per heavy atom. The van der Waals surface area contributed by atoms with Gasteiger partial charge in [0.05, 0.1) is 18.2 Å². The lowest BCUT2D eigenvalue weighted by Gasteiger charge is -2.29. The Bertz CT molecular complexity index is 438. The molecular formula is C15H23NO4S. The highest BCUT2D eigenvalue weighted by molar-refractivity contribution is 7.09. The predicted molar refractivity (Wildman–Crippen MR) is 81.0 cm³/mol. The minimum Gasteiger partial charge on any atom is -0.465 e. The van der Waals surface area contributed by atoms with Gasteiger partial charge in [-0.3, -0.25) is 9.59 Å². The van der Waals surface area contributed by atoms with E-state index in [1.54, 1.807) is 20.0 Å². The van der Waals surface area contributed by atoms with Crippen LogP contribution in [0.1, 0.15) is 39.1 Å². The van der Waals surface area contributed by atoms with Gasteiger partial charge in [-0.1, -0.05) is 13.8 Å². The molecule has 0 amide bonds. The lowest BCUT2D eigenvalue weighted by atomic mass is 9.77. The van der Waals surface area contributed by atoms with Gasteiger partial charge in [-0.15, -0.1) is 11.3 Å². The first-order valence-corrected chi connectivity index (χ1v) is 8.07. The van der Waals surface area contributed by atoms with Crippen molar-refractivity contribution < 1.29 is 19.1 Å². The number of rotatable bonds is 8. The van der Waals surface area contributed by atoms with E-state index in [1.165, 1.54) is 11.3 Å². The van der Waals surface area contributed by atoms with E-state index in [4.69, 9.17) is 9.47 Å². The van der Waals surface area contributed by atoms with Gasteiger partial charge < -0.3 is 9.47 Å². The molecule has 0 N–H and O–H groups in total. The third-order valence-electron chi connectivity index (χ3n) is 3.03. The lowest BCUT2D eigenvalue weighted by Crippen LogP contribution is -2.45. The summed E-state index contributed by atoms with van der Waals surface area (Å²) < 4.78 is 10.3. The Kier molecular flexibility index (Phi) is 6.81. The van der Waals surface area contributed by atoms with Crippen LogP contribution >= 0.6 is 11.3 Å². The van der Waals surface area contributed by atoms with Crippen molar-refractivity contribution in [3.05, 3.63) is 16.6 Å². The van der Waals surface area contributed by atoms with Crippen molar-refractivity contribution in [3.63, 3.8) is 0 Å². The smallest absolute Gasteiger partial charge is 0.323 e. The quantitative estimate of drug-likeness (QED) is 0.545. The van der Waals surface area contributed by atoms with E-state index in [1.807, 2.05) is 19.2 Å². The summed E-state index contributed by atoms with van der Waals surface area (Å²) in [4.78, 5) is 29.2. The Labute approximate surface area is 129 Å². The van der Waals surface area contributed by atoms with Crippen LogP contribution in [0.3, 0.4) is 0 Å². The van der Waals surface area contributed by atoms with Gasteiger partial charge >= 0.3 is 11.9 Å². The summed E-state index contributed by atoms with van der Waals surface area (Å²) in [6.45, 7) is 7.86. The van der Waals surface area contributed by atoms with E-state index in [-0.39, 0.29) is 25.6 Å². The summed E-state index contributed by atoms with van der Waals surface area (Å²) in [5.41, 5.74) is -1.31. The number of hydrogen-bond donors (Lipinski definition) is 0. The zero-order valence-corrected chi connectivity index (χ0v) is 13.9. The van der Waals surface area contributed by atoms with Crippen molar-refractivity contribution >= 4 is 23.3 Å². The molecule has 1 heterocycles. The molecule has 0 radical (unpaired) electrons. The zero-order chi connectivity index (χ0) is 15.9. The van der Waals surface area contributed by atoms with Crippen LogP contribution in [0.25, 0.3) is 0 Å². The van der Waals surface area contributed by atoms with Crippen molar-refractivity contribution in [1.82, 2.24) is 4.98 Å². The van der Waals surface area contributed by atoms with Gasteiger partial charge in [0, 0.05) is 18.0 Å². The summed E-state index contributed by atoms with van der Waals surface area (Å²) in [6.07, 6.45) is 2.27. The van der Waals surface area contributed by atoms with Crippen LogP contribution < -0.4 is 0 Å². The molecule has 1 aromatic heterocycles. The normalized spacial score (nSPS) is 11.5. The fraction of sp³-hybridized carbons (Fsp3) is 0.667. The Hall–Kier alpha value is -1.43. The number of aromatic nitrogens is 1. The van der Waals surface area contributed by atoms with Crippen LogP contribution in [0.2, 0.25) is 0 Å². The minimum atomic E-state index is -1.31. The molecule has 0 aliphatic carbocycles. The van der Waals surface area contributed by atoms with Gasteiger partial charge in [-0.05, 0) is 26.2 Å². The SMILES string of the molecule is CCOC(=O)C(Cc1nccs1)(CC(C)C)C(=O)OCC. The number of esters is 2. The first-order chi connectivity index (χ1) is 9.96. The van der Waals surface area contributed by atoms with E-state index in [0.717, 1.165) is 5.01 Å². The first kappa shape index (κ1) is 17.6. The Morgan fingerprint density at radius 3 is 2.19 bits per heavy atom. The lowest BCUT2D eigenvalue weighted by molar-refractivity contribution is -0.173. The maximum atomic E-state index is 12.5. The predicted octanol–water partition coefficient (Wildman–Crippen LogP) is 2.84. The van der Waals surface area contributed by atoms with Crippen molar-refractivity contribution in [3.8, 4) is 0 Å². The van der Waals surface area contributed by atoms with Gasteiger partial charge in [0.1, 0.15) is 0 Å². The summed E-state index contributed by atoms with van der Waals surface area (Å²) in [7, 11) is 0. The minimum absolute atomic E-state index is 0.152. The van der Waals surface area contributed by atoms with E-state index >= 15 is 0 Å². The monoisotopic (exact) mass is 313 g/mol. The number of thiazole rings is 1. The van der Waals surface area contributed by atoms with Gasteiger partial charge in [0.2, 0.25) is 0 Å². The van der Waals surface area contributed by atoms with Crippen LogP contribution in [0, 0.1) is 11.3 Å². The molecule has 1 rings (SSSR count). The zero-order valence-electron chi connectivity index (χ0n) is 13.0. The average Bonchev–Trinajstić information content (AvgIpc) is 2.90. The fourth-order valence-corrected chi connectivity index (χ4v) is 3.03. The highest BCUT2D eigenvalue weighted by atomic mass is 32.1. The molecule has 0 saturated carbocycles. The average molecular weight is 313 g/mol. The number of carbonyl (C=O) groups is 2.